The lowest BCUT2D eigenvalue weighted by Gasteiger charge is -2.07. The van der Waals surface area contributed by atoms with Gasteiger partial charge < -0.3 is 14.4 Å². The summed E-state index contributed by atoms with van der Waals surface area (Å²) < 4.78 is 7.14. The number of aromatic carboxylic acids is 1. The van der Waals surface area contributed by atoms with Gasteiger partial charge in [0.05, 0.1) is 19.2 Å². The van der Waals surface area contributed by atoms with Crippen LogP contribution in [0.3, 0.4) is 0 Å². The van der Waals surface area contributed by atoms with E-state index in [1.54, 1.807) is 55.6 Å². The number of nitrogens with zero attached hydrogens (tertiary/aromatic N) is 2. The molecule has 28 heavy (non-hydrogen) atoms. The van der Waals surface area contributed by atoms with Gasteiger partial charge in [0.25, 0.3) is 5.91 Å². The molecule has 0 saturated carbocycles. The topological polar surface area (TPSA) is 80.9 Å². The SMILES string of the molecule is COc1cccc(C(=O)N=c2sc(C)c(C)n2Cc2ccc(C(=O)O)cc2)c1. The van der Waals surface area contributed by atoms with Crippen molar-refractivity contribution in [2.75, 3.05) is 7.11 Å². The maximum atomic E-state index is 12.6. The second kappa shape index (κ2) is 8.22. The molecule has 0 fully saturated rings. The Bertz CT molecular complexity index is 1090. The summed E-state index contributed by atoms with van der Waals surface area (Å²) in [6, 6.07) is 13.6. The van der Waals surface area contributed by atoms with Gasteiger partial charge in [0.1, 0.15) is 5.75 Å². The number of ether oxygens (including phenoxy) is 1. The van der Waals surface area contributed by atoms with Crippen LogP contribution in [0.1, 0.15) is 36.9 Å². The molecule has 0 spiro atoms. The van der Waals surface area contributed by atoms with Gasteiger partial charge in [0, 0.05) is 16.1 Å². The maximum Gasteiger partial charge on any atom is 0.335 e. The van der Waals surface area contributed by atoms with Gasteiger partial charge in [0.15, 0.2) is 4.80 Å². The third kappa shape index (κ3) is 4.20. The van der Waals surface area contributed by atoms with E-state index in [0.29, 0.717) is 22.7 Å². The highest BCUT2D eigenvalue weighted by Crippen LogP contribution is 2.15. The molecule has 0 aliphatic rings. The van der Waals surface area contributed by atoms with Crippen LogP contribution in [0.5, 0.6) is 5.75 Å². The second-order valence-electron chi connectivity index (χ2n) is 6.26. The summed E-state index contributed by atoms with van der Waals surface area (Å²) >= 11 is 1.45. The molecule has 0 saturated heterocycles. The van der Waals surface area contributed by atoms with Crippen LogP contribution in [0.15, 0.2) is 53.5 Å². The zero-order chi connectivity index (χ0) is 20.3. The molecule has 1 aromatic heterocycles. The van der Waals surface area contributed by atoms with E-state index in [-0.39, 0.29) is 11.5 Å². The van der Waals surface area contributed by atoms with Crippen molar-refractivity contribution < 1.29 is 19.4 Å². The van der Waals surface area contributed by atoms with E-state index in [4.69, 9.17) is 9.84 Å². The lowest BCUT2D eigenvalue weighted by atomic mass is 10.1. The van der Waals surface area contributed by atoms with E-state index < -0.39 is 5.97 Å². The minimum absolute atomic E-state index is 0.241. The van der Waals surface area contributed by atoms with Crippen molar-refractivity contribution in [2.24, 2.45) is 4.99 Å². The van der Waals surface area contributed by atoms with E-state index in [2.05, 4.69) is 4.99 Å². The lowest BCUT2D eigenvalue weighted by Crippen LogP contribution is -2.19. The smallest absolute Gasteiger partial charge is 0.335 e. The minimum atomic E-state index is -0.957. The summed E-state index contributed by atoms with van der Waals surface area (Å²) in [4.78, 5) is 29.6. The highest BCUT2D eigenvalue weighted by Gasteiger charge is 2.11. The fraction of sp³-hybridized carbons (Fsp3) is 0.190. The van der Waals surface area contributed by atoms with Gasteiger partial charge in [-0.1, -0.05) is 18.2 Å². The molecule has 0 aliphatic carbocycles. The Morgan fingerprint density at radius 1 is 1.11 bits per heavy atom. The van der Waals surface area contributed by atoms with Crippen LogP contribution in [-0.4, -0.2) is 28.7 Å². The predicted octanol–water partition coefficient (Wildman–Crippen LogP) is 3.66. The van der Waals surface area contributed by atoms with Crippen molar-refractivity contribution in [1.82, 2.24) is 4.57 Å². The van der Waals surface area contributed by atoms with Crippen LogP contribution in [0.4, 0.5) is 0 Å². The molecule has 144 valence electrons. The van der Waals surface area contributed by atoms with Crippen LogP contribution in [0.25, 0.3) is 0 Å². The number of benzene rings is 2. The average molecular weight is 396 g/mol. The van der Waals surface area contributed by atoms with Crippen LogP contribution >= 0.6 is 11.3 Å². The number of carboxylic acid groups (broad SMARTS) is 1. The Kier molecular flexibility index (Phi) is 5.75. The number of thiazole rings is 1. The number of aryl methyl sites for hydroxylation is 1. The average Bonchev–Trinajstić information content (AvgIpc) is 2.95. The van der Waals surface area contributed by atoms with Crippen molar-refractivity contribution in [2.45, 2.75) is 20.4 Å². The van der Waals surface area contributed by atoms with Gasteiger partial charge in [-0.25, -0.2) is 4.79 Å². The predicted molar refractivity (Wildman–Crippen MR) is 107 cm³/mol. The van der Waals surface area contributed by atoms with Crippen LogP contribution in [0.2, 0.25) is 0 Å². The Hall–Kier alpha value is -3.19. The first-order chi connectivity index (χ1) is 13.4. The Morgan fingerprint density at radius 3 is 2.46 bits per heavy atom. The Labute approximate surface area is 166 Å². The molecule has 0 unspecified atom stereocenters. The molecule has 1 heterocycles. The fourth-order valence-corrected chi connectivity index (χ4v) is 3.68. The van der Waals surface area contributed by atoms with E-state index in [0.717, 1.165) is 16.1 Å². The normalized spacial score (nSPS) is 11.5. The first-order valence-electron chi connectivity index (χ1n) is 8.61. The van der Waals surface area contributed by atoms with Crippen molar-refractivity contribution in [3.63, 3.8) is 0 Å². The molecule has 3 aromatic rings. The van der Waals surface area contributed by atoms with Gasteiger partial charge in [-0.3, -0.25) is 4.79 Å². The minimum Gasteiger partial charge on any atom is -0.497 e. The van der Waals surface area contributed by atoms with Crippen LogP contribution in [-0.2, 0) is 6.54 Å². The maximum absolute atomic E-state index is 12.6. The monoisotopic (exact) mass is 396 g/mol. The highest BCUT2D eigenvalue weighted by molar-refractivity contribution is 7.09. The van der Waals surface area contributed by atoms with Gasteiger partial charge in [0.2, 0.25) is 0 Å². The summed E-state index contributed by atoms with van der Waals surface area (Å²) in [6.07, 6.45) is 0. The number of carboxylic acids is 1. The third-order valence-corrected chi connectivity index (χ3v) is 5.54. The van der Waals surface area contributed by atoms with E-state index in [1.807, 2.05) is 18.4 Å². The van der Waals surface area contributed by atoms with E-state index >= 15 is 0 Å². The highest BCUT2D eigenvalue weighted by atomic mass is 32.1. The van der Waals surface area contributed by atoms with Gasteiger partial charge >= 0.3 is 5.97 Å². The molecule has 2 aromatic carbocycles. The van der Waals surface area contributed by atoms with Crippen molar-refractivity contribution in [1.29, 1.82) is 0 Å². The number of hydrogen-bond acceptors (Lipinski definition) is 4. The number of hydrogen-bond donors (Lipinski definition) is 1. The summed E-state index contributed by atoms with van der Waals surface area (Å²) in [5.74, 6) is -0.692. The largest absolute Gasteiger partial charge is 0.497 e. The first-order valence-corrected chi connectivity index (χ1v) is 9.43. The molecular weight excluding hydrogens is 376 g/mol. The Balaban J connectivity index is 1.96. The molecular formula is C21H20N2O4S. The lowest BCUT2D eigenvalue weighted by molar-refractivity contribution is 0.0696. The number of amides is 1. The van der Waals surface area contributed by atoms with Gasteiger partial charge in [-0.15, -0.1) is 11.3 Å². The van der Waals surface area contributed by atoms with E-state index in [1.165, 1.54) is 11.3 Å². The van der Waals surface area contributed by atoms with Gasteiger partial charge in [-0.05, 0) is 49.7 Å². The molecule has 1 N–H and O–H groups in total. The molecule has 6 nitrogen and oxygen atoms in total. The third-order valence-electron chi connectivity index (χ3n) is 4.45. The molecule has 0 atom stereocenters. The number of aromatic nitrogens is 1. The van der Waals surface area contributed by atoms with Crippen molar-refractivity contribution in [3.8, 4) is 5.75 Å². The number of rotatable bonds is 5. The van der Waals surface area contributed by atoms with E-state index in [9.17, 15) is 9.59 Å². The zero-order valence-electron chi connectivity index (χ0n) is 15.8. The fourth-order valence-electron chi connectivity index (χ4n) is 2.71. The molecule has 1 amide bonds. The summed E-state index contributed by atoms with van der Waals surface area (Å²) in [6.45, 7) is 4.46. The molecule has 7 heteroatoms. The molecule has 3 rings (SSSR count). The van der Waals surface area contributed by atoms with Crippen molar-refractivity contribution in [3.05, 3.63) is 80.6 Å². The quantitative estimate of drug-likeness (QED) is 0.714. The van der Waals surface area contributed by atoms with Gasteiger partial charge in [-0.2, -0.15) is 4.99 Å². The van der Waals surface area contributed by atoms with Crippen LogP contribution in [0, 0.1) is 13.8 Å². The number of carbonyl (C=O) groups excluding carboxylic acids is 1. The molecule has 0 bridgehead atoms. The summed E-state index contributed by atoms with van der Waals surface area (Å²) in [5, 5.41) is 9.04. The molecule has 0 radical (unpaired) electrons. The number of methoxy groups -OCH3 is 1. The summed E-state index contributed by atoms with van der Waals surface area (Å²) in [5.41, 5.74) is 2.65. The summed E-state index contributed by atoms with van der Waals surface area (Å²) in [7, 11) is 1.55. The number of carbonyl (C=O) groups is 2. The Morgan fingerprint density at radius 2 is 1.82 bits per heavy atom. The second-order valence-corrected chi connectivity index (χ2v) is 7.45. The van der Waals surface area contributed by atoms with Crippen LogP contribution < -0.4 is 9.54 Å². The van der Waals surface area contributed by atoms with Crippen molar-refractivity contribution >= 4 is 23.2 Å². The zero-order valence-corrected chi connectivity index (χ0v) is 16.6. The standard InChI is InChI=1S/C21H20N2O4S/c1-13-14(2)28-21(22-19(24)17-5-4-6-18(11-17)27-3)23(13)12-15-7-9-16(10-8-15)20(25)26/h4-11H,12H2,1-3H3,(H,25,26). The first kappa shape index (κ1) is 19.6. The molecule has 0 aliphatic heterocycles.